The fraction of sp³-hybridized carbons (Fsp3) is 0.600. The fourth-order valence-corrected chi connectivity index (χ4v) is 7.72. The number of carbonyl (C=O) groups excluding carboxylic acids is 1. The maximum absolute atomic E-state index is 13.9. The highest BCUT2D eigenvalue weighted by molar-refractivity contribution is 6.06. The second-order valence-corrected chi connectivity index (χ2v) is 11.4. The average Bonchev–Trinajstić information content (AvgIpc) is 3.46. The number of ether oxygens (including phenoxy) is 6. The van der Waals surface area contributed by atoms with Crippen molar-refractivity contribution in [2.45, 2.75) is 62.5 Å². The molecule has 0 radical (unpaired) electrons. The Kier molecular flexibility index (Phi) is 7.12. The number of rotatable bonds is 9. The van der Waals surface area contributed by atoms with E-state index in [1.54, 1.807) is 21.1 Å². The number of likely N-dealkylation sites (N-methyl/N-ethyl adjacent to an activating group) is 1. The SMILES string of the molecule is [3H]OC[C@H]1C2=C3OCOC3=C(C)C(=O)C2(O)CC2[C@H]3c4c(cc(C)c(OC)c4OCOCCOC)C[C@@H]([C@H](C#N)N21)N3C. The molecule has 4 aliphatic heterocycles. The number of nitriles is 1. The molecule has 5 aliphatic rings. The quantitative estimate of drug-likeness (QED) is 0.316. The summed E-state index contributed by atoms with van der Waals surface area (Å²) in [5.74, 6) is 1.17. The van der Waals surface area contributed by atoms with Gasteiger partial charge in [-0.1, -0.05) is 6.07 Å². The minimum Gasteiger partial charge on any atom is -0.493 e. The second kappa shape index (κ2) is 10.8. The van der Waals surface area contributed by atoms with Crippen LogP contribution in [0.15, 0.2) is 28.7 Å². The molecule has 1 aliphatic carbocycles. The van der Waals surface area contributed by atoms with Gasteiger partial charge in [0, 0.05) is 42.3 Å². The molecule has 0 saturated carbocycles. The van der Waals surface area contributed by atoms with Crippen LogP contribution in [-0.2, 0) is 30.2 Å². The fourth-order valence-electron chi connectivity index (χ4n) is 7.72. The average molecular weight is 586 g/mol. The Morgan fingerprint density at radius 3 is 2.71 bits per heavy atom. The van der Waals surface area contributed by atoms with Crippen molar-refractivity contribution in [1.29, 1.82) is 6.69 Å². The van der Waals surface area contributed by atoms with Crippen LogP contribution in [0.25, 0.3) is 0 Å². The third kappa shape index (κ3) is 3.99. The topological polar surface area (TPSA) is 143 Å². The van der Waals surface area contributed by atoms with Crippen molar-refractivity contribution in [2.75, 3.05) is 54.7 Å². The summed E-state index contributed by atoms with van der Waals surface area (Å²) in [7, 11) is 5.14. The number of fused-ring (bicyclic) bond motifs is 8. The number of aryl methyl sites for hydroxylation is 1. The smallest absolute Gasteiger partial charge is 0.231 e. The van der Waals surface area contributed by atoms with Crippen LogP contribution in [0, 0.1) is 18.3 Å². The number of aliphatic hydroxyl groups excluding tert-OH is 1. The molecular formula is C30H37N3O9. The maximum atomic E-state index is 13.9. The summed E-state index contributed by atoms with van der Waals surface area (Å²) in [6, 6.07) is 1.92. The molecule has 1 aromatic rings. The number of methoxy groups -OCH3 is 2. The molecule has 0 amide bonds. The summed E-state index contributed by atoms with van der Waals surface area (Å²) in [4.78, 5) is 18.0. The number of piperidine rings is 1. The van der Waals surface area contributed by atoms with Gasteiger partial charge in [-0.2, -0.15) is 5.26 Å². The molecule has 12 nitrogen and oxygen atoms in total. The predicted octanol–water partition coefficient (Wildman–Crippen LogP) is 1.09. The molecule has 0 spiro atoms. The van der Waals surface area contributed by atoms with E-state index in [-0.39, 0.29) is 55.3 Å². The third-order valence-corrected chi connectivity index (χ3v) is 9.44. The molecule has 42 heavy (non-hydrogen) atoms. The zero-order valence-corrected chi connectivity index (χ0v) is 24.5. The van der Waals surface area contributed by atoms with Gasteiger partial charge in [-0.3, -0.25) is 14.6 Å². The van der Waals surface area contributed by atoms with Crippen LogP contribution >= 0.6 is 0 Å². The van der Waals surface area contributed by atoms with E-state index in [4.69, 9.17) is 35.0 Å². The lowest BCUT2D eigenvalue weighted by Crippen LogP contribution is -2.74. The van der Waals surface area contributed by atoms with Gasteiger partial charge < -0.3 is 38.6 Å². The molecule has 6 atom stereocenters. The van der Waals surface area contributed by atoms with Crippen LogP contribution in [0.5, 0.6) is 11.5 Å². The molecule has 2 N–H and O–H groups in total. The third-order valence-electron chi connectivity index (χ3n) is 9.44. The Hall–Kier alpha value is -3.18. The van der Waals surface area contributed by atoms with Crippen LogP contribution in [-0.4, -0.2) is 112 Å². The minimum absolute atomic E-state index is 0.0214. The number of carbonyl (C=O) groups is 1. The van der Waals surface area contributed by atoms with Gasteiger partial charge in [-0.15, -0.1) is 0 Å². The lowest BCUT2D eigenvalue weighted by Gasteiger charge is -2.62. The first-order valence-electron chi connectivity index (χ1n) is 14.5. The first-order valence-corrected chi connectivity index (χ1v) is 14.1. The summed E-state index contributed by atoms with van der Waals surface area (Å²) >= 11 is 0. The molecule has 3 saturated heterocycles. The van der Waals surface area contributed by atoms with E-state index in [0.717, 1.165) is 16.7 Å². The van der Waals surface area contributed by atoms with Gasteiger partial charge in [0.15, 0.2) is 41.2 Å². The van der Waals surface area contributed by atoms with Crippen LogP contribution in [0.3, 0.4) is 0 Å². The van der Waals surface area contributed by atoms with Crippen LogP contribution in [0.4, 0.5) is 0 Å². The molecular weight excluding hydrogens is 546 g/mol. The number of aliphatic hydroxyl groups is 2. The lowest BCUT2D eigenvalue weighted by molar-refractivity contribution is -0.150. The van der Waals surface area contributed by atoms with Crippen molar-refractivity contribution < 1.29 is 43.4 Å². The number of ketones is 1. The van der Waals surface area contributed by atoms with E-state index < -0.39 is 35.6 Å². The number of hydrogen-bond donors (Lipinski definition) is 2. The first kappa shape index (κ1) is 27.6. The van der Waals surface area contributed by atoms with E-state index in [2.05, 4.69) is 17.0 Å². The molecule has 1 aromatic carbocycles. The van der Waals surface area contributed by atoms with Crippen LogP contribution < -0.4 is 9.47 Å². The molecule has 12 heteroatoms. The van der Waals surface area contributed by atoms with E-state index in [1.807, 2.05) is 18.9 Å². The van der Waals surface area contributed by atoms with Gasteiger partial charge >= 0.3 is 0 Å². The summed E-state index contributed by atoms with van der Waals surface area (Å²) in [5.41, 5.74) is 1.34. The zero-order chi connectivity index (χ0) is 30.6. The maximum Gasteiger partial charge on any atom is 0.231 e. The molecule has 3 fully saturated rings. The Labute approximate surface area is 246 Å². The van der Waals surface area contributed by atoms with Crippen molar-refractivity contribution in [3.8, 4) is 17.6 Å². The summed E-state index contributed by atoms with van der Waals surface area (Å²) in [5, 5.41) is 27.9. The summed E-state index contributed by atoms with van der Waals surface area (Å²) in [6.07, 6.45) is 0.523. The zero-order valence-electron chi connectivity index (χ0n) is 25.5. The Balaban J connectivity index is 1.52. The standard InChI is InChI=1S/C30H37N3O9/c1-15-8-17-9-18-20(11-31)33-19(24(32(18)3)22(17)27(25(15)38-5)40-13-39-7-6-37-4)10-30(36)23(21(33)12-34)28-26(41-14-42-28)16(2)29(30)35/h8,18-21,24,34,36H,6-7,9-10,12-14H2,1-5H3/t18-,19?,20-,21-,24-,30?/m0/s1/i34T. The van der Waals surface area contributed by atoms with Crippen molar-refractivity contribution >= 4 is 5.78 Å². The van der Waals surface area contributed by atoms with Crippen molar-refractivity contribution in [2.24, 2.45) is 0 Å². The Morgan fingerprint density at radius 1 is 1.21 bits per heavy atom. The van der Waals surface area contributed by atoms with E-state index >= 15 is 0 Å². The number of benzene rings is 1. The largest absolute Gasteiger partial charge is 0.493 e. The Bertz CT molecular complexity index is 1420. The summed E-state index contributed by atoms with van der Waals surface area (Å²) < 4.78 is 42.0. The predicted molar refractivity (Wildman–Crippen MR) is 146 cm³/mol. The number of Topliss-reactive ketones (excluding diaryl/α,β-unsaturated/α-hetero) is 1. The van der Waals surface area contributed by atoms with E-state index in [0.29, 0.717) is 31.1 Å². The van der Waals surface area contributed by atoms with Gasteiger partial charge in [0.2, 0.25) is 8.22 Å². The molecule has 6 rings (SSSR count). The monoisotopic (exact) mass is 585 g/mol. The second-order valence-electron chi connectivity index (χ2n) is 11.4. The van der Waals surface area contributed by atoms with Gasteiger partial charge in [0.05, 0.1) is 45.1 Å². The first-order chi connectivity index (χ1) is 20.7. The van der Waals surface area contributed by atoms with Gasteiger partial charge in [-0.25, -0.2) is 0 Å². The number of piperazine rings is 1. The van der Waals surface area contributed by atoms with Crippen LogP contribution in [0.1, 0.15) is 36.1 Å². The highest BCUT2D eigenvalue weighted by Gasteiger charge is 2.64. The lowest BCUT2D eigenvalue weighted by atomic mass is 9.65. The van der Waals surface area contributed by atoms with Gasteiger partial charge in [-0.05, 0) is 38.4 Å². The molecule has 0 aromatic heterocycles. The van der Waals surface area contributed by atoms with Gasteiger partial charge in [0.25, 0.3) is 0 Å². The van der Waals surface area contributed by atoms with Crippen LogP contribution in [0.2, 0.25) is 0 Å². The van der Waals surface area contributed by atoms with E-state index in [1.165, 1.54) is 0 Å². The molecule has 226 valence electrons. The van der Waals surface area contributed by atoms with Crippen molar-refractivity contribution in [3.63, 3.8) is 0 Å². The Morgan fingerprint density at radius 2 is 2.00 bits per heavy atom. The highest BCUT2D eigenvalue weighted by atomic mass is 16.7. The van der Waals surface area contributed by atoms with Gasteiger partial charge in [0.1, 0.15) is 6.04 Å². The summed E-state index contributed by atoms with van der Waals surface area (Å²) in [6.45, 7) is 4.00. The molecule has 2 bridgehead atoms. The highest BCUT2D eigenvalue weighted by Crippen LogP contribution is 2.56. The normalized spacial score (nSPS) is 32.2. The van der Waals surface area contributed by atoms with E-state index in [9.17, 15) is 15.2 Å². The minimum atomic E-state index is -1.95. The molecule has 2 unspecified atom stereocenters. The van der Waals surface area contributed by atoms with Crippen molar-refractivity contribution in [1.82, 2.24) is 9.80 Å². The number of nitrogens with zero attached hydrogens (tertiary/aromatic N) is 3. The van der Waals surface area contributed by atoms with Crippen molar-refractivity contribution in [3.05, 3.63) is 45.4 Å². The molecule has 4 heterocycles. The number of hydrogen-bond acceptors (Lipinski definition) is 12.